The number of hydrogen-bond acceptors (Lipinski definition) is 3. The van der Waals surface area contributed by atoms with Gasteiger partial charge in [-0.05, 0) is 41.8 Å². The van der Waals surface area contributed by atoms with Crippen molar-refractivity contribution in [2.75, 3.05) is 27.8 Å². The second-order valence-corrected chi connectivity index (χ2v) is 9.26. The molecule has 2 aromatic rings. The monoisotopic (exact) mass is 466 g/mol. The Morgan fingerprint density at radius 3 is 1.92 bits per heavy atom. The number of nitrogens with one attached hydrogen (secondary N) is 1. The van der Waals surface area contributed by atoms with Crippen LogP contribution in [0.3, 0.4) is 0 Å². The van der Waals surface area contributed by atoms with Gasteiger partial charge in [-0.25, -0.2) is 0 Å². The van der Waals surface area contributed by atoms with Gasteiger partial charge in [-0.15, -0.1) is 0 Å². The molecule has 3 nitrogen and oxygen atoms in total. The third-order valence-corrected chi connectivity index (χ3v) is 7.10. The molecule has 1 fully saturated rings. The zero-order valence-corrected chi connectivity index (χ0v) is 17.8. The van der Waals surface area contributed by atoms with E-state index in [1.807, 2.05) is 38.2 Å². The largest absolute Gasteiger partial charge is 0.488 e. The Morgan fingerprint density at radius 2 is 1.54 bits per heavy atom. The van der Waals surface area contributed by atoms with Gasteiger partial charge in [0.05, 0.1) is 6.61 Å². The second-order valence-electron chi connectivity index (χ2n) is 6.03. The smallest absolute Gasteiger partial charge is 0.121 e. The molecular formula is C22H29INO2-. The van der Waals surface area contributed by atoms with Crippen LogP contribution in [0, 0.1) is 0 Å². The Labute approximate surface area is 167 Å². The zero-order chi connectivity index (χ0) is 18.6. The maximum Gasteiger partial charge on any atom is 0.121 e. The van der Waals surface area contributed by atoms with E-state index in [9.17, 15) is 0 Å². The van der Waals surface area contributed by atoms with Crippen molar-refractivity contribution >= 4 is 17.8 Å². The number of aliphatic hydroxyl groups excluding tert-OH is 1. The van der Waals surface area contributed by atoms with E-state index < -0.39 is 0 Å². The van der Waals surface area contributed by atoms with Gasteiger partial charge >= 0.3 is 36.5 Å². The summed E-state index contributed by atoms with van der Waals surface area (Å²) in [4.78, 5) is 0. The standard InChI is InChI=1S/C19H23NO2.C3H6I/c1-3-18(14-21)22-19-12-8-16(9-13-19)5-4-15-6-10-17(20-2)11-7-15;1-2-4-3-1/h4-13,18,20-21H,3,14H2,1-2H3;1-3H2/q;-1/b5-4+;. The van der Waals surface area contributed by atoms with Crippen LogP contribution in [0.4, 0.5) is 5.69 Å². The summed E-state index contributed by atoms with van der Waals surface area (Å²) < 4.78 is 8.90. The molecular weight excluding hydrogens is 437 g/mol. The fourth-order valence-corrected chi connectivity index (χ4v) is 2.95. The van der Waals surface area contributed by atoms with E-state index in [-0.39, 0.29) is 12.7 Å². The number of aliphatic hydroxyl groups is 1. The Bertz CT molecular complexity index is 641. The van der Waals surface area contributed by atoms with Crippen molar-refractivity contribution in [3.63, 3.8) is 0 Å². The van der Waals surface area contributed by atoms with Gasteiger partial charge in [0, 0.05) is 12.7 Å². The summed E-state index contributed by atoms with van der Waals surface area (Å²) in [6.45, 7) is 2.04. The van der Waals surface area contributed by atoms with E-state index in [1.54, 1.807) is 15.3 Å². The summed E-state index contributed by atoms with van der Waals surface area (Å²) in [6.07, 6.45) is 6.36. The first-order valence-electron chi connectivity index (χ1n) is 9.12. The molecule has 1 heterocycles. The summed E-state index contributed by atoms with van der Waals surface area (Å²) in [5, 5.41) is 12.3. The van der Waals surface area contributed by atoms with E-state index in [0.29, 0.717) is 0 Å². The molecule has 2 aromatic carbocycles. The summed E-state index contributed by atoms with van der Waals surface area (Å²) in [7, 11) is 1.91. The Morgan fingerprint density at radius 1 is 1.04 bits per heavy atom. The first-order chi connectivity index (χ1) is 12.7. The molecule has 142 valence electrons. The predicted molar refractivity (Wildman–Crippen MR) is 108 cm³/mol. The SMILES string of the molecule is C1C[I-]C1.CCC(CO)Oc1ccc(/C=C/c2ccc(NC)cc2)cc1. The van der Waals surface area contributed by atoms with Gasteiger partial charge < -0.3 is 15.2 Å². The van der Waals surface area contributed by atoms with Gasteiger partial charge in [0.25, 0.3) is 0 Å². The third-order valence-electron chi connectivity index (χ3n) is 4.04. The fourth-order valence-electron chi connectivity index (χ4n) is 2.19. The van der Waals surface area contributed by atoms with Crippen LogP contribution in [0.5, 0.6) is 5.75 Å². The normalized spacial score (nSPS) is 14.4. The quantitative estimate of drug-likeness (QED) is 0.370. The van der Waals surface area contributed by atoms with E-state index in [4.69, 9.17) is 9.84 Å². The minimum atomic E-state index is -0.132. The third kappa shape index (κ3) is 7.38. The molecule has 1 atom stereocenters. The van der Waals surface area contributed by atoms with Crippen LogP contribution < -0.4 is 31.3 Å². The van der Waals surface area contributed by atoms with Crippen molar-refractivity contribution in [3.05, 3.63) is 59.7 Å². The molecule has 3 rings (SSSR count). The second kappa shape index (κ2) is 12.0. The van der Waals surface area contributed by atoms with Crippen molar-refractivity contribution < 1.29 is 31.0 Å². The van der Waals surface area contributed by atoms with E-state index >= 15 is 0 Å². The average Bonchev–Trinajstić information content (AvgIpc) is 2.64. The fraction of sp³-hybridized carbons (Fsp3) is 0.364. The van der Waals surface area contributed by atoms with Crippen LogP contribution in [0.1, 0.15) is 30.9 Å². The summed E-state index contributed by atoms with van der Waals surface area (Å²) in [6, 6.07) is 16.1. The number of benzene rings is 2. The van der Waals surface area contributed by atoms with Crippen molar-refractivity contribution in [2.45, 2.75) is 25.9 Å². The molecule has 0 radical (unpaired) electrons. The number of rotatable bonds is 7. The van der Waals surface area contributed by atoms with E-state index in [1.165, 1.54) is 0 Å². The Kier molecular flexibility index (Phi) is 9.56. The molecule has 2 N–H and O–H groups in total. The molecule has 0 aliphatic carbocycles. The Balaban J connectivity index is 0.000000534. The van der Waals surface area contributed by atoms with Gasteiger partial charge in [-0.3, -0.25) is 0 Å². The van der Waals surface area contributed by atoms with E-state index in [2.05, 4.69) is 41.7 Å². The van der Waals surface area contributed by atoms with Crippen LogP contribution in [-0.2, 0) is 0 Å². The van der Waals surface area contributed by atoms with Gasteiger partial charge in [0.15, 0.2) is 0 Å². The van der Waals surface area contributed by atoms with Crippen LogP contribution in [0.25, 0.3) is 12.2 Å². The van der Waals surface area contributed by atoms with Gasteiger partial charge in [0.1, 0.15) is 11.9 Å². The van der Waals surface area contributed by atoms with Crippen molar-refractivity contribution in [1.82, 2.24) is 0 Å². The number of anilines is 1. The molecule has 0 aromatic heterocycles. The number of ether oxygens (including phenoxy) is 1. The first kappa shape index (κ1) is 20.8. The molecule has 0 saturated carbocycles. The molecule has 26 heavy (non-hydrogen) atoms. The van der Waals surface area contributed by atoms with Gasteiger partial charge in [-0.2, -0.15) is 0 Å². The summed E-state index contributed by atoms with van der Waals surface area (Å²) in [5.41, 5.74) is 3.38. The first-order valence-corrected chi connectivity index (χ1v) is 12.2. The van der Waals surface area contributed by atoms with E-state index in [0.717, 1.165) is 50.2 Å². The minimum absolute atomic E-state index is 0.0424. The van der Waals surface area contributed by atoms with Crippen LogP contribution in [0.15, 0.2) is 48.5 Å². The van der Waals surface area contributed by atoms with Crippen molar-refractivity contribution in [1.29, 1.82) is 0 Å². The van der Waals surface area contributed by atoms with Crippen molar-refractivity contribution in [3.8, 4) is 5.75 Å². The molecule has 0 spiro atoms. The van der Waals surface area contributed by atoms with Crippen LogP contribution >= 0.6 is 0 Å². The molecule has 1 saturated heterocycles. The minimum Gasteiger partial charge on any atom is -0.488 e. The zero-order valence-electron chi connectivity index (χ0n) is 15.6. The maximum atomic E-state index is 9.15. The Hall–Kier alpha value is -1.53. The van der Waals surface area contributed by atoms with Crippen LogP contribution in [-0.4, -0.2) is 33.7 Å². The van der Waals surface area contributed by atoms with Gasteiger partial charge in [0.2, 0.25) is 0 Å². The average molecular weight is 466 g/mol. The number of hydrogen-bond donors (Lipinski definition) is 2. The topological polar surface area (TPSA) is 41.5 Å². The molecule has 1 aliphatic heterocycles. The molecule has 0 amide bonds. The summed E-state index contributed by atoms with van der Waals surface area (Å²) >= 11 is 0.791. The van der Waals surface area contributed by atoms with Crippen LogP contribution in [0.2, 0.25) is 0 Å². The number of alkyl halides is 2. The maximum absolute atomic E-state index is 9.15. The molecule has 0 bridgehead atoms. The number of halogens is 1. The predicted octanol–water partition coefficient (Wildman–Crippen LogP) is 1.53. The molecule has 1 aliphatic rings. The summed E-state index contributed by atoms with van der Waals surface area (Å²) in [5.74, 6) is 0.788. The van der Waals surface area contributed by atoms with Crippen molar-refractivity contribution in [2.24, 2.45) is 0 Å². The van der Waals surface area contributed by atoms with Gasteiger partial charge in [-0.1, -0.05) is 43.3 Å². The molecule has 1 unspecified atom stereocenters. The molecule has 4 heteroatoms.